The number of aromatic carboxylic acids is 1. The Balaban J connectivity index is 1.81. The molecule has 0 spiro atoms. The van der Waals surface area contributed by atoms with Gasteiger partial charge in [0.25, 0.3) is 0 Å². The van der Waals surface area contributed by atoms with Crippen LogP contribution in [0.5, 0.6) is 5.75 Å². The van der Waals surface area contributed by atoms with E-state index in [1.165, 1.54) is 44.7 Å². The number of methoxy groups -OCH3 is 2. The largest absolute Gasteiger partial charge is 0.494 e. The van der Waals surface area contributed by atoms with Crippen LogP contribution in [0.2, 0.25) is 0 Å². The Morgan fingerprint density at radius 3 is 2.60 bits per heavy atom. The van der Waals surface area contributed by atoms with Crippen LogP contribution in [0.25, 0.3) is 38.6 Å². The number of fused-ring (bicyclic) bond motifs is 2. The Kier molecular flexibility index (Phi) is 6.31. The van der Waals surface area contributed by atoms with Crippen molar-refractivity contribution in [3.8, 4) is 22.6 Å². The number of halogens is 2. The van der Waals surface area contributed by atoms with Crippen molar-refractivity contribution in [3.63, 3.8) is 0 Å². The molecule has 0 bridgehead atoms. The molecule has 3 aromatic carbocycles. The van der Waals surface area contributed by atoms with Crippen LogP contribution in [0, 0.1) is 11.6 Å². The standard InChI is InChI=1S/C30H27F2N3O5/c1-39-22-14-19(10-11-20(22)31)35-21-13-18-15-33-34-27(18)26(32)25(21)24(16-6-8-17(9-7-16)29(36)37)28(35)30(38)12-4-3-5-23(30)40-2/h6-11,13-15,23,38H,3-5,12H2,1-2H3,(H,33,34)(H,36,37). The van der Waals surface area contributed by atoms with E-state index in [0.29, 0.717) is 52.7 Å². The smallest absolute Gasteiger partial charge is 0.335 e. The zero-order valence-electron chi connectivity index (χ0n) is 21.9. The first-order chi connectivity index (χ1) is 19.3. The summed E-state index contributed by atoms with van der Waals surface area (Å²) in [5.41, 5.74) is 0.817. The number of hydrogen-bond acceptors (Lipinski definition) is 5. The number of aromatic nitrogens is 3. The highest BCUT2D eigenvalue weighted by atomic mass is 19.1. The molecule has 0 amide bonds. The molecule has 0 aliphatic heterocycles. The molecule has 1 fully saturated rings. The maximum Gasteiger partial charge on any atom is 0.335 e. The van der Waals surface area contributed by atoms with E-state index < -0.39 is 29.3 Å². The van der Waals surface area contributed by atoms with Crippen LogP contribution in [0.1, 0.15) is 41.7 Å². The predicted octanol–water partition coefficient (Wildman–Crippen LogP) is 5.94. The number of nitrogens with one attached hydrogen (secondary N) is 1. The number of benzene rings is 3. The van der Waals surface area contributed by atoms with Gasteiger partial charge in [-0.2, -0.15) is 5.10 Å². The minimum Gasteiger partial charge on any atom is -0.494 e. The topological polar surface area (TPSA) is 110 Å². The van der Waals surface area contributed by atoms with Gasteiger partial charge in [0.1, 0.15) is 11.1 Å². The van der Waals surface area contributed by atoms with Crippen LogP contribution in [-0.4, -0.2) is 51.3 Å². The van der Waals surface area contributed by atoms with Crippen LogP contribution in [-0.2, 0) is 10.3 Å². The summed E-state index contributed by atoms with van der Waals surface area (Å²) in [4.78, 5) is 11.6. The molecule has 8 nitrogen and oxygen atoms in total. The van der Waals surface area contributed by atoms with Crippen LogP contribution >= 0.6 is 0 Å². The highest BCUT2D eigenvalue weighted by Crippen LogP contribution is 2.49. The molecule has 1 aliphatic carbocycles. The summed E-state index contributed by atoms with van der Waals surface area (Å²) in [6.07, 6.45) is 3.35. The van der Waals surface area contributed by atoms with E-state index in [9.17, 15) is 19.4 Å². The molecule has 2 atom stereocenters. The summed E-state index contributed by atoms with van der Waals surface area (Å²) in [6, 6.07) is 12.2. The van der Waals surface area contributed by atoms with Crippen LogP contribution < -0.4 is 4.74 Å². The molecule has 3 N–H and O–H groups in total. The maximum absolute atomic E-state index is 16.5. The average molecular weight is 548 g/mol. The Labute approximate surface area is 227 Å². The first-order valence-electron chi connectivity index (χ1n) is 12.9. The third-order valence-electron chi connectivity index (χ3n) is 7.92. The second-order valence-corrected chi connectivity index (χ2v) is 10.1. The number of H-pyrrole nitrogens is 1. The zero-order chi connectivity index (χ0) is 28.2. The number of nitrogens with zero attached hydrogens (tertiary/aromatic N) is 2. The molecule has 0 saturated heterocycles. The fourth-order valence-corrected chi connectivity index (χ4v) is 6.04. The highest BCUT2D eigenvalue weighted by molar-refractivity contribution is 6.06. The number of rotatable bonds is 6. The van der Waals surface area contributed by atoms with E-state index >= 15 is 4.39 Å². The Morgan fingerprint density at radius 2 is 1.90 bits per heavy atom. The lowest BCUT2D eigenvalue weighted by molar-refractivity contribution is -0.125. The van der Waals surface area contributed by atoms with Crippen molar-refractivity contribution < 1.29 is 33.3 Å². The lowest BCUT2D eigenvalue weighted by atomic mass is 9.77. The molecule has 1 aliphatic rings. The molecule has 10 heteroatoms. The van der Waals surface area contributed by atoms with Gasteiger partial charge >= 0.3 is 5.97 Å². The second kappa shape index (κ2) is 9.72. The molecule has 2 unspecified atom stereocenters. The number of carboxylic acid groups (broad SMARTS) is 1. The molecule has 1 saturated carbocycles. The lowest BCUT2D eigenvalue weighted by Gasteiger charge is -2.40. The van der Waals surface area contributed by atoms with Gasteiger partial charge in [-0.1, -0.05) is 18.6 Å². The van der Waals surface area contributed by atoms with Crippen molar-refractivity contribution in [1.82, 2.24) is 14.8 Å². The fourth-order valence-electron chi connectivity index (χ4n) is 6.04. The molecule has 40 heavy (non-hydrogen) atoms. The van der Waals surface area contributed by atoms with E-state index in [1.54, 1.807) is 28.8 Å². The Bertz CT molecular complexity index is 1760. The Hall–Kier alpha value is -4.28. The van der Waals surface area contributed by atoms with E-state index in [0.717, 1.165) is 6.42 Å². The summed E-state index contributed by atoms with van der Waals surface area (Å²) in [7, 11) is 2.89. The van der Waals surface area contributed by atoms with Gasteiger partial charge in [-0.25, -0.2) is 13.6 Å². The lowest BCUT2D eigenvalue weighted by Crippen LogP contribution is -2.45. The summed E-state index contributed by atoms with van der Waals surface area (Å²) in [5.74, 6) is -2.25. The van der Waals surface area contributed by atoms with Gasteiger partial charge in [0, 0.05) is 35.2 Å². The molecular formula is C30H27F2N3O5. The zero-order valence-corrected chi connectivity index (χ0v) is 21.9. The van der Waals surface area contributed by atoms with Crippen molar-refractivity contribution in [2.45, 2.75) is 37.4 Å². The maximum atomic E-state index is 16.5. The molecule has 5 aromatic rings. The summed E-state index contributed by atoms with van der Waals surface area (Å²) in [6.45, 7) is 0. The number of carbonyl (C=O) groups is 1. The minimum absolute atomic E-state index is 0.0125. The van der Waals surface area contributed by atoms with Gasteiger partial charge in [0.05, 0.1) is 36.2 Å². The monoisotopic (exact) mass is 547 g/mol. The van der Waals surface area contributed by atoms with E-state index in [4.69, 9.17) is 9.47 Å². The quantitative estimate of drug-likeness (QED) is 0.243. The summed E-state index contributed by atoms with van der Waals surface area (Å²) < 4.78 is 43.8. The van der Waals surface area contributed by atoms with Gasteiger partial charge < -0.3 is 24.3 Å². The second-order valence-electron chi connectivity index (χ2n) is 10.1. The van der Waals surface area contributed by atoms with Gasteiger partial charge in [0.15, 0.2) is 17.4 Å². The molecule has 206 valence electrons. The van der Waals surface area contributed by atoms with E-state index in [2.05, 4.69) is 10.2 Å². The van der Waals surface area contributed by atoms with Crippen LogP contribution in [0.4, 0.5) is 8.78 Å². The van der Waals surface area contributed by atoms with Gasteiger partial charge in [0.2, 0.25) is 0 Å². The summed E-state index contributed by atoms with van der Waals surface area (Å²) in [5, 5.41) is 29.4. The molecule has 0 radical (unpaired) electrons. The van der Waals surface area contributed by atoms with Gasteiger partial charge in [-0.05, 0) is 55.2 Å². The van der Waals surface area contributed by atoms with Crippen molar-refractivity contribution in [1.29, 1.82) is 0 Å². The fraction of sp³-hybridized carbons (Fsp3) is 0.267. The number of ether oxygens (including phenoxy) is 2. The number of hydrogen-bond donors (Lipinski definition) is 3. The van der Waals surface area contributed by atoms with Crippen molar-refractivity contribution in [2.24, 2.45) is 0 Å². The molecule has 2 heterocycles. The third kappa shape index (κ3) is 3.86. The van der Waals surface area contributed by atoms with Crippen molar-refractivity contribution >= 4 is 27.8 Å². The third-order valence-corrected chi connectivity index (χ3v) is 7.92. The van der Waals surface area contributed by atoms with Crippen LogP contribution in [0.3, 0.4) is 0 Å². The first-order valence-corrected chi connectivity index (χ1v) is 12.9. The summed E-state index contributed by atoms with van der Waals surface area (Å²) >= 11 is 0. The van der Waals surface area contributed by atoms with E-state index in [1.807, 2.05) is 0 Å². The molecule has 2 aromatic heterocycles. The van der Waals surface area contributed by atoms with Crippen LogP contribution in [0.15, 0.2) is 54.7 Å². The van der Waals surface area contributed by atoms with Crippen molar-refractivity contribution in [3.05, 3.63) is 77.6 Å². The minimum atomic E-state index is -1.56. The Morgan fingerprint density at radius 1 is 1.12 bits per heavy atom. The van der Waals surface area contributed by atoms with Gasteiger partial charge in [-0.15, -0.1) is 0 Å². The number of aliphatic hydroxyl groups is 1. The predicted molar refractivity (Wildman–Crippen MR) is 145 cm³/mol. The molecule has 6 rings (SSSR count). The highest BCUT2D eigenvalue weighted by Gasteiger charge is 2.46. The average Bonchev–Trinajstić information content (AvgIpc) is 3.57. The van der Waals surface area contributed by atoms with Gasteiger partial charge in [-0.3, -0.25) is 5.10 Å². The van der Waals surface area contributed by atoms with Crippen molar-refractivity contribution in [2.75, 3.05) is 14.2 Å². The SMILES string of the molecule is COc1cc(-n2c(C3(O)CCCCC3OC)c(-c3ccc(C(=O)O)cc3)c3c(F)c4[nH]ncc4cc32)ccc1F. The first kappa shape index (κ1) is 26.0. The molecular weight excluding hydrogens is 520 g/mol. The normalized spacial score (nSPS) is 19.4. The number of carboxylic acids is 1. The van der Waals surface area contributed by atoms with E-state index in [-0.39, 0.29) is 22.2 Å². The number of aromatic amines is 1.